The third-order valence-corrected chi connectivity index (χ3v) is 3.39. The normalized spacial score (nSPS) is 9.85. The maximum atomic E-state index is 12.1. The molecule has 0 radical (unpaired) electrons. The Balaban J connectivity index is 2.30. The van der Waals surface area contributed by atoms with E-state index in [9.17, 15) is 4.79 Å². The number of carbonyl (C=O) groups is 1. The van der Waals surface area contributed by atoms with E-state index < -0.39 is 0 Å². The molecule has 0 aliphatic heterocycles. The molecule has 0 spiro atoms. The molecular weight excluding hydrogens is 320 g/mol. The van der Waals surface area contributed by atoms with Crippen LogP contribution in [0, 0.1) is 11.3 Å². The van der Waals surface area contributed by atoms with Crippen molar-refractivity contribution in [1.29, 1.82) is 5.26 Å². The maximum absolute atomic E-state index is 12.1. The number of benzene rings is 1. The lowest BCUT2D eigenvalue weighted by Crippen LogP contribution is -2.14. The van der Waals surface area contributed by atoms with Crippen LogP contribution in [0.5, 0.6) is 0 Å². The van der Waals surface area contributed by atoms with Crippen LogP contribution in [0.25, 0.3) is 6.08 Å². The quantitative estimate of drug-likeness (QED) is 0.940. The van der Waals surface area contributed by atoms with Crippen molar-refractivity contribution in [3.63, 3.8) is 0 Å². The third-order valence-electron chi connectivity index (χ3n) is 2.73. The molecule has 0 atom stereocenters. The van der Waals surface area contributed by atoms with Crippen LogP contribution in [0.3, 0.4) is 0 Å². The minimum absolute atomic E-state index is 0.270. The summed E-state index contributed by atoms with van der Waals surface area (Å²) in [5.74, 6) is -0.372. The van der Waals surface area contributed by atoms with Crippen LogP contribution in [0.2, 0.25) is 0 Å². The SMILES string of the molecule is C=Cc1cc(C(=O)Nc2cccc(Br)c2C#N)nn1C. The Morgan fingerprint density at radius 3 is 2.95 bits per heavy atom. The van der Waals surface area contributed by atoms with Crippen LogP contribution in [0.1, 0.15) is 21.7 Å². The molecule has 0 fully saturated rings. The van der Waals surface area contributed by atoms with Gasteiger partial charge in [-0.25, -0.2) is 0 Å². The van der Waals surface area contributed by atoms with Crippen LogP contribution in [-0.2, 0) is 7.05 Å². The molecule has 0 saturated heterocycles. The van der Waals surface area contributed by atoms with E-state index in [-0.39, 0.29) is 11.6 Å². The van der Waals surface area contributed by atoms with E-state index in [0.717, 1.165) is 5.69 Å². The number of aromatic nitrogens is 2. The van der Waals surface area contributed by atoms with Crippen LogP contribution < -0.4 is 5.32 Å². The molecule has 0 saturated carbocycles. The number of nitrogens with one attached hydrogen (secondary N) is 1. The molecule has 5 nitrogen and oxygen atoms in total. The number of halogens is 1. The van der Waals surface area contributed by atoms with E-state index in [1.165, 1.54) is 0 Å². The molecule has 1 aromatic heterocycles. The minimum Gasteiger partial charge on any atom is -0.319 e. The molecule has 20 heavy (non-hydrogen) atoms. The van der Waals surface area contributed by atoms with Gasteiger partial charge in [-0.3, -0.25) is 9.48 Å². The fraction of sp³-hybridized carbons (Fsp3) is 0.0714. The molecule has 0 aliphatic rings. The summed E-state index contributed by atoms with van der Waals surface area (Å²) in [7, 11) is 1.73. The number of anilines is 1. The van der Waals surface area contributed by atoms with Crippen molar-refractivity contribution in [3.05, 3.63) is 52.3 Å². The summed E-state index contributed by atoms with van der Waals surface area (Å²) >= 11 is 3.27. The van der Waals surface area contributed by atoms with E-state index >= 15 is 0 Å². The van der Waals surface area contributed by atoms with E-state index in [1.54, 1.807) is 42.1 Å². The van der Waals surface area contributed by atoms with Crippen LogP contribution in [-0.4, -0.2) is 15.7 Å². The molecule has 6 heteroatoms. The standard InChI is InChI=1S/C14H11BrN4O/c1-3-9-7-13(18-19(9)2)14(20)17-12-6-4-5-11(15)10(12)8-16/h3-7H,1H2,2H3,(H,17,20). The zero-order valence-corrected chi connectivity index (χ0v) is 12.3. The first-order chi connectivity index (χ1) is 9.56. The van der Waals surface area contributed by atoms with Crippen LogP contribution in [0.4, 0.5) is 5.69 Å². The van der Waals surface area contributed by atoms with E-state index in [2.05, 4.69) is 32.9 Å². The Bertz CT molecular complexity index is 727. The lowest BCUT2D eigenvalue weighted by molar-refractivity contribution is 0.102. The Morgan fingerprint density at radius 1 is 1.60 bits per heavy atom. The monoisotopic (exact) mass is 330 g/mol. The van der Waals surface area contributed by atoms with Crippen LogP contribution >= 0.6 is 15.9 Å². The molecule has 1 aromatic carbocycles. The summed E-state index contributed by atoms with van der Waals surface area (Å²) in [5.41, 5.74) is 1.83. The number of hydrogen-bond acceptors (Lipinski definition) is 3. The molecule has 0 bridgehead atoms. The number of amides is 1. The molecular formula is C14H11BrN4O. The number of nitriles is 1. The second-order valence-corrected chi connectivity index (χ2v) is 4.86. The summed E-state index contributed by atoms with van der Waals surface area (Å²) in [5, 5.41) is 15.9. The molecule has 2 aromatic rings. The first-order valence-corrected chi connectivity index (χ1v) is 6.52. The van der Waals surface area contributed by atoms with Gasteiger partial charge in [-0.05, 0) is 40.2 Å². The van der Waals surface area contributed by atoms with Gasteiger partial charge in [0.15, 0.2) is 5.69 Å². The number of nitrogens with zero attached hydrogens (tertiary/aromatic N) is 3. The lowest BCUT2D eigenvalue weighted by atomic mass is 10.2. The summed E-state index contributed by atoms with van der Waals surface area (Å²) < 4.78 is 2.19. The number of aryl methyl sites for hydroxylation is 1. The molecule has 2 rings (SSSR count). The smallest absolute Gasteiger partial charge is 0.276 e. The zero-order chi connectivity index (χ0) is 14.7. The van der Waals surface area contributed by atoms with Gasteiger partial charge in [-0.2, -0.15) is 10.4 Å². The first kappa shape index (κ1) is 14.0. The highest BCUT2D eigenvalue weighted by molar-refractivity contribution is 9.10. The summed E-state index contributed by atoms with van der Waals surface area (Å²) in [6.07, 6.45) is 1.61. The second kappa shape index (κ2) is 5.72. The summed E-state index contributed by atoms with van der Waals surface area (Å²) in [6, 6.07) is 8.83. The van der Waals surface area contributed by atoms with Crippen molar-refractivity contribution in [2.24, 2.45) is 7.05 Å². The lowest BCUT2D eigenvalue weighted by Gasteiger charge is -2.06. The van der Waals surface area contributed by atoms with Gasteiger partial charge >= 0.3 is 0 Å². The van der Waals surface area contributed by atoms with Gasteiger partial charge in [0.25, 0.3) is 5.91 Å². The summed E-state index contributed by atoms with van der Waals surface area (Å²) in [6.45, 7) is 3.65. The van der Waals surface area contributed by atoms with Gasteiger partial charge in [0.05, 0.1) is 16.9 Å². The first-order valence-electron chi connectivity index (χ1n) is 5.73. The van der Waals surface area contributed by atoms with Crippen molar-refractivity contribution in [3.8, 4) is 6.07 Å². The van der Waals surface area contributed by atoms with Gasteiger partial charge < -0.3 is 5.32 Å². The molecule has 1 amide bonds. The van der Waals surface area contributed by atoms with Gasteiger partial charge in [0.1, 0.15) is 6.07 Å². The predicted molar refractivity (Wildman–Crippen MR) is 80.1 cm³/mol. The number of hydrogen-bond donors (Lipinski definition) is 1. The van der Waals surface area contributed by atoms with Gasteiger partial charge in [-0.1, -0.05) is 12.6 Å². The molecule has 0 unspecified atom stereocenters. The van der Waals surface area contributed by atoms with Crippen molar-refractivity contribution >= 4 is 33.6 Å². The van der Waals surface area contributed by atoms with Gasteiger partial charge in [0, 0.05) is 11.5 Å². The topological polar surface area (TPSA) is 70.7 Å². The largest absolute Gasteiger partial charge is 0.319 e. The Kier molecular flexibility index (Phi) is 4.01. The number of carbonyl (C=O) groups excluding carboxylic acids is 1. The highest BCUT2D eigenvalue weighted by Crippen LogP contribution is 2.24. The highest BCUT2D eigenvalue weighted by Gasteiger charge is 2.14. The minimum atomic E-state index is -0.372. The summed E-state index contributed by atoms with van der Waals surface area (Å²) in [4.78, 5) is 12.1. The Hall–Kier alpha value is -2.39. The Labute approximate surface area is 124 Å². The highest BCUT2D eigenvalue weighted by atomic mass is 79.9. The average Bonchev–Trinajstić information content (AvgIpc) is 2.80. The molecule has 100 valence electrons. The molecule has 1 N–H and O–H groups in total. The Morgan fingerprint density at radius 2 is 2.35 bits per heavy atom. The van der Waals surface area contributed by atoms with Crippen molar-refractivity contribution in [2.45, 2.75) is 0 Å². The third kappa shape index (κ3) is 2.63. The molecule has 0 aliphatic carbocycles. The second-order valence-electron chi connectivity index (χ2n) is 4.01. The average molecular weight is 331 g/mol. The van der Waals surface area contributed by atoms with E-state index in [1.807, 2.05) is 6.07 Å². The molecule has 1 heterocycles. The zero-order valence-electron chi connectivity index (χ0n) is 10.7. The van der Waals surface area contributed by atoms with Gasteiger partial charge in [-0.15, -0.1) is 0 Å². The number of rotatable bonds is 3. The van der Waals surface area contributed by atoms with Crippen LogP contribution in [0.15, 0.2) is 35.3 Å². The van der Waals surface area contributed by atoms with E-state index in [0.29, 0.717) is 15.7 Å². The van der Waals surface area contributed by atoms with E-state index in [4.69, 9.17) is 5.26 Å². The van der Waals surface area contributed by atoms with Crippen molar-refractivity contribution in [1.82, 2.24) is 9.78 Å². The fourth-order valence-electron chi connectivity index (χ4n) is 1.71. The predicted octanol–water partition coefficient (Wildman–Crippen LogP) is 2.95. The fourth-order valence-corrected chi connectivity index (χ4v) is 2.17. The maximum Gasteiger partial charge on any atom is 0.276 e. The van der Waals surface area contributed by atoms with Crippen molar-refractivity contribution < 1.29 is 4.79 Å². The van der Waals surface area contributed by atoms with Gasteiger partial charge in [0.2, 0.25) is 0 Å². The van der Waals surface area contributed by atoms with Crippen molar-refractivity contribution in [2.75, 3.05) is 5.32 Å².